The number of carbonyl (C=O) groups is 1. The smallest absolute Gasteiger partial charge is 0.267 e. The Morgan fingerprint density at radius 3 is 2.39 bits per heavy atom. The van der Waals surface area contributed by atoms with Crippen LogP contribution in [-0.4, -0.2) is 21.6 Å². The van der Waals surface area contributed by atoms with E-state index in [0.29, 0.717) is 16.0 Å². The summed E-state index contributed by atoms with van der Waals surface area (Å²) in [5.74, 6) is -0.00895. The van der Waals surface area contributed by atoms with Crippen molar-refractivity contribution in [2.24, 2.45) is 16.9 Å². The number of fused-ring (bicyclic) bond motifs is 1. The molecule has 0 N–H and O–H groups in total. The van der Waals surface area contributed by atoms with Gasteiger partial charge >= 0.3 is 0 Å². The number of nitro benzene ring substituents is 1. The molecule has 1 fully saturated rings. The van der Waals surface area contributed by atoms with Crippen molar-refractivity contribution in [1.29, 1.82) is 0 Å². The zero-order valence-corrected chi connectivity index (χ0v) is 21.0. The first kappa shape index (κ1) is 24.2. The number of allylic oxidation sites excluding steroid dienone is 1. The molecule has 3 aromatic rings. The maximum atomic E-state index is 13.7. The molecule has 0 unspecified atom stereocenters. The molecular weight excluding hydrogens is 497 g/mol. The van der Waals surface area contributed by atoms with Gasteiger partial charge in [-0.15, -0.1) is 0 Å². The van der Waals surface area contributed by atoms with Crippen LogP contribution in [0.4, 0.5) is 5.69 Å². The van der Waals surface area contributed by atoms with Crippen molar-refractivity contribution in [3.63, 3.8) is 0 Å². The zero-order chi connectivity index (χ0) is 25.4. The molecule has 1 heterocycles. The van der Waals surface area contributed by atoms with E-state index in [4.69, 9.17) is 28.3 Å². The molecule has 1 amide bonds. The minimum absolute atomic E-state index is 0.0175. The van der Waals surface area contributed by atoms with E-state index in [0.717, 1.165) is 35.3 Å². The summed E-state index contributed by atoms with van der Waals surface area (Å²) in [5, 5.41) is 19.0. The molecule has 5 rings (SSSR count). The molecule has 3 atom stereocenters. The van der Waals surface area contributed by atoms with E-state index in [1.54, 1.807) is 6.07 Å². The van der Waals surface area contributed by atoms with Crippen LogP contribution < -0.4 is 0 Å². The van der Waals surface area contributed by atoms with E-state index in [1.807, 2.05) is 48.5 Å². The summed E-state index contributed by atoms with van der Waals surface area (Å²) >= 11 is 12.2. The Labute approximate surface area is 219 Å². The van der Waals surface area contributed by atoms with Crippen molar-refractivity contribution >= 4 is 46.6 Å². The number of halogens is 2. The van der Waals surface area contributed by atoms with Gasteiger partial charge in [0.05, 0.1) is 16.7 Å². The molecule has 0 spiro atoms. The van der Waals surface area contributed by atoms with Crippen LogP contribution in [0.2, 0.25) is 10.0 Å². The standard InChI is InChI=1S/C28H23Cl2N3O3/c1-17-13-21(15-18-5-9-22(29)10-6-18)26-25(14-17)27(19-7-11-23(30)12-8-19)32(31-26)28(34)20-3-2-4-24(16-20)33(35)36/h2-12,15-17,25,27H,13-14H2,1H3/b21-15+/t17-,25+,27-/m1/s1. The highest BCUT2D eigenvalue weighted by Crippen LogP contribution is 2.46. The number of hydrazone groups is 1. The number of nitro groups is 1. The number of benzene rings is 3. The van der Waals surface area contributed by atoms with Crippen LogP contribution in [0.1, 0.15) is 47.3 Å². The molecule has 0 aromatic heterocycles. The van der Waals surface area contributed by atoms with E-state index in [9.17, 15) is 14.9 Å². The van der Waals surface area contributed by atoms with E-state index < -0.39 is 4.92 Å². The van der Waals surface area contributed by atoms with Crippen molar-refractivity contribution in [2.45, 2.75) is 25.8 Å². The normalized spacial score (nSPS) is 22.3. The molecule has 0 radical (unpaired) electrons. The van der Waals surface area contributed by atoms with Gasteiger partial charge in [-0.3, -0.25) is 14.9 Å². The zero-order valence-electron chi connectivity index (χ0n) is 19.5. The number of hydrogen-bond donors (Lipinski definition) is 0. The van der Waals surface area contributed by atoms with Gasteiger partial charge in [-0.1, -0.05) is 60.5 Å². The van der Waals surface area contributed by atoms with Gasteiger partial charge in [0.2, 0.25) is 0 Å². The van der Waals surface area contributed by atoms with E-state index in [-0.39, 0.29) is 29.1 Å². The number of non-ortho nitro benzene ring substituents is 1. The highest BCUT2D eigenvalue weighted by molar-refractivity contribution is 6.30. The van der Waals surface area contributed by atoms with Crippen LogP contribution in [0.3, 0.4) is 0 Å². The van der Waals surface area contributed by atoms with Gasteiger partial charge in [0, 0.05) is 33.7 Å². The highest BCUT2D eigenvalue weighted by atomic mass is 35.5. The first-order chi connectivity index (χ1) is 17.3. The van der Waals surface area contributed by atoms with Crippen LogP contribution in [0.25, 0.3) is 6.08 Å². The maximum Gasteiger partial charge on any atom is 0.274 e. The number of nitrogens with zero attached hydrogens (tertiary/aromatic N) is 3. The molecule has 0 bridgehead atoms. The monoisotopic (exact) mass is 519 g/mol. The Morgan fingerprint density at radius 2 is 1.72 bits per heavy atom. The Kier molecular flexibility index (Phi) is 6.65. The van der Waals surface area contributed by atoms with Crippen LogP contribution >= 0.6 is 23.2 Å². The molecule has 36 heavy (non-hydrogen) atoms. The number of carbonyl (C=O) groups excluding carboxylic acids is 1. The van der Waals surface area contributed by atoms with Gasteiger partial charge in [0.15, 0.2) is 0 Å². The number of hydrogen-bond acceptors (Lipinski definition) is 4. The quantitative estimate of drug-likeness (QED) is 0.263. The van der Waals surface area contributed by atoms with Gasteiger partial charge < -0.3 is 0 Å². The average molecular weight is 520 g/mol. The lowest BCUT2D eigenvalue weighted by Crippen LogP contribution is -2.33. The topological polar surface area (TPSA) is 75.8 Å². The molecule has 1 aliphatic heterocycles. The Hall–Kier alpha value is -3.48. The van der Waals surface area contributed by atoms with Gasteiger partial charge in [0.25, 0.3) is 11.6 Å². The fraction of sp³-hybridized carbons (Fsp3) is 0.214. The van der Waals surface area contributed by atoms with Gasteiger partial charge in [0.1, 0.15) is 0 Å². The fourth-order valence-electron chi connectivity index (χ4n) is 5.10. The third-order valence-corrected chi connectivity index (χ3v) is 7.20. The average Bonchev–Trinajstić information content (AvgIpc) is 3.25. The van der Waals surface area contributed by atoms with Gasteiger partial charge in [-0.2, -0.15) is 5.10 Å². The molecule has 6 nitrogen and oxygen atoms in total. The molecule has 182 valence electrons. The fourth-order valence-corrected chi connectivity index (χ4v) is 5.35. The summed E-state index contributed by atoms with van der Waals surface area (Å²) in [4.78, 5) is 24.6. The summed E-state index contributed by atoms with van der Waals surface area (Å²) in [6, 6.07) is 20.5. The summed E-state index contributed by atoms with van der Waals surface area (Å²) in [7, 11) is 0. The Bertz CT molecular complexity index is 1380. The van der Waals surface area contributed by atoms with Crippen molar-refractivity contribution in [3.8, 4) is 0 Å². The van der Waals surface area contributed by atoms with E-state index >= 15 is 0 Å². The summed E-state index contributed by atoms with van der Waals surface area (Å²) in [5.41, 5.74) is 3.97. The van der Waals surface area contributed by atoms with Crippen LogP contribution in [0.15, 0.2) is 83.5 Å². The van der Waals surface area contributed by atoms with Crippen molar-refractivity contribution in [2.75, 3.05) is 0 Å². The minimum Gasteiger partial charge on any atom is -0.267 e. The largest absolute Gasteiger partial charge is 0.274 e. The maximum absolute atomic E-state index is 13.7. The molecule has 1 saturated carbocycles. The summed E-state index contributed by atoms with van der Waals surface area (Å²) in [6.45, 7) is 2.20. The SMILES string of the molecule is C[C@@H]1C/C(=C\c2ccc(Cl)cc2)C2=NN(C(=O)c3cccc([N+](=O)[O-])c3)[C@H](c3ccc(Cl)cc3)[C@H]2C1. The number of amides is 1. The van der Waals surface area contributed by atoms with Crippen molar-refractivity contribution in [1.82, 2.24) is 5.01 Å². The van der Waals surface area contributed by atoms with E-state index in [1.165, 1.54) is 23.2 Å². The predicted octanol–water partition coefficient (Wildman–Crippen LogP) is 7.58. The van der Waals surface area contributed by atoms with Crippen LogP contribution in [-0.2, 0) is 0 Å². The summed E-state index contributed by atoms with van der Waals surface area (Å²) < 4.78 is 0. The molecule has 2 aliphatic rings. The second kappa shape index (κ2) is 9.88. The predicted molar refractivity (Wildman–Crippen MR) is 142 cm³/mol. The Balaban J connectivity index is 1.60. The van der Waals surface area contributed by atoms with Crippen molar-refractivity contribution in [3.05, 3.63) is 115 Å². The lowest BCUT2D eigenvalue weighted by atomic mass is 9.73. The van der Waals surface area contributed by atoms with Gasteiger partial charge in [-0.25, -0.2) is 5.01 Å². The van der Waals surface area contributed by atoms with Crippen molar-refractivity contribution < 1.29 is 9.72 Å². The molecule has 8 heteroatoms. The molecular formula is C28H23Cl2N3O3. The van der Waals surface area contributed by atoms with Crippen LogP contribution in [0.5, 0.6) is 0 Å². The summed E-state index contributed by atoms with van der Waals surface area (Å²) in [6.07, 6.45) is 3.81. The third kappa shape index (κ3) is 4.79. The van der Waals surface area contributed by atoms with E-state index in [2.05, 4.69) is 13.0 Å². The lowest BCUT2D eigenvalue weighted by Gasteiger charge is -2.32. The minimum atomic E-state index is -0.502. The molecule has 0 saturated heterocycles. The Morgan fingerprint density at radius 1 is 1.06 bits per heavy atom. The molecule has 1 aliphatic carbocycles. The number of rotatable bonds is 4. The third-order valence-electron chi connectivity index (χ3n) is 6.70. The van der Waals surface area contributed by atoms with Crippen LogP contribution in [0, 0.1) is 22.0 Å². The lowest BCUT2D eigenvalue weighted by molar-refractivity contribution is -0.384. The highest BCUT2D eigenvalue weighted by Gasteiger charge is 2.45. The second-order valence-electron chi connectivity index (χ2n) is 9.31. The molecule has 3 aromatic carbocycles. The second-order valence-corrected chi connectivity index (χ2v) is 10.2. The van der Waals surface area contributed by atoms with Gasteiger partial charge in [-0.05, 0) is 71.9 Å². The first-order valence-corrected chi connectivity index (χ1v) is 12.4. The first-order valence-electron chi connectivity index (χ1n) is 11.7.